The molecule has 2 aliphatic carbocycles. The summed E-state index contributed by atoms with van der Waals surface area (Å²) in [5, 5.41) is 0. The molecule has 0 saturated heterocycles. The fourth-order valence-corrected chi connectivity index (χ4v) is 2.68. The van der Waals surface area contributed by atoms with Gasteiger partial charge in [0.2, 0.25) is 0 Å². The summed E-state index contributed by atoms with van der Waals surface area (Å²) >= 11 is 0. The smallest absolute Gasteiger partial charge is 0.137 e. The van der Waals surface area contributed by atoms with Gasteiger partial charge in [0.05, 0.1) is 0 Å². The van der Waals surface area contributed by atoms with E-state index < -0.39 is 0 Å². The molecular formula is C15H18O. The summed E-state index contributed by atoms with van der Waals surface area (Å²) in [5.74, 6) is 1.15. The Hall–Kier alpha value is -1.11. The Bertz CT molecular complexity index is 415. The van der Waals surface area contributed by atoms with Crippen LogP contribution in [0.2, 0.25) is 0 Å². The molecule has 0 aliphatic heterocycles. The quantitative estimate of drug-likeness (QED) is 0.752. The first-order valence-electron chi connectivity index (χ1n) is 6.43. The minimum atomic E-state index is 0.431. The van der Waals surface area contributed by atoms with Crippen LogP contribution in [0.3, 0.4) is 0 Å². The van der Waals surface area contributed by atoms with Crippen LogP contribution < -0.4 is 0 Å². The van der Waals surface area contributed by atoms with Crippen LogP contribution in [0.4, 0.5) is 0 Å². The number of ketones is 1. The van der Waals surface area contributed by atoms with Crippen LogP contribution in [-0.4, -0.2) is 5.78 Å². The molecule has 0 atom stereocenters. The summed E-state index contributed by atoms with van der Waals surface area (Å²) in [6, 6.07) is 6.63. The average Bonchev–Trinajstić information content (AvgIpc) is 2.95. The molecule has 84 valence electrons. The molecule has 1 nitrogen and oxygen atoms in total. The van der Waals surface area contributed by atoms with E-state index in [1.54, 1.807) is 0 Å². The molecule has 0 spiro atoms. The van der Waals surface area contributed by atoms with E-state index in [0.29, 0.717) is 12.2 Å². The maximum atomic E-state index is 11.8. The second-order valence-electron chi connectivity index (χ2n) is 5.32. The van der Waals surface area contributed by atoms with E-state index in [4.69, 9.17) is 0 Å². The summed E-state index contributed by atoms with van der Waals surface area (Å²) in [4.78, 5) is 11.8. The van der Waals surface area contributed by atoms with Gasteiger partial charge < -0.3 is 0 Å². The third kappa shape index (κ3) is 2.18. The molecule has 0 heterocycles. The van der Waals surface area contributed by atoms with Crippen LogP contribution in [-0.2, 0) is 24.1 Å². The number of carbonyl (C=O) groups excluding carboxylic acids is 1. The zero-order valence-corrected chi connectivity index (χ0v) is 9.67. The number of carbonyl (C=O) groups is 1. The van der Waals surface area contributed by atoms with Crippen LogP contribution in [0.1, 0.15) is 42.4 Å². The average molecular weight is 214 g/mol. The molecule has 3 rings (SSSR count). The topological polar surface area (TPSA) is 17.1 Å². The molecule has 2 aliphatic rings. The number of hydrogen-bond acceptors (Lipinski definition) is 1. The fraction of sp³-hybridized carbons (Fsp3) is 0.533. The summed E-state index contributed by atoms with van der Waals surface area (Å²) in [6.07, 6.45) is 7.74. The number of fused-ring (bicyclic) bond motifs is 1. The zero-order chi connectivity index (χ0) is 11.0. The Labute approximate surface area is 96.9 Å². The van der Waals surface area contributed by atoms with Gasteiger partial charge in [-0.1, -0.05) is 18.2 Å². The Kier molecular flexibility index (Phi) is 2.55. The third-order valence-corrected chi connectivity index (χ3v) is 3.78. The molecule has 0 unspecified atom stereocenters. The zero-order valence-electron chi connectivity index (χ0n) is 9.67. The second-order valence-corrected chi connectivity index (χ2v) is 5.32. The van der Waals surface area contributed by atoms with Crippen molar-refractivity contribution in [1.82, 2.24) is 0 Å². The van der Waals surface area contributed by atoms with E-state index in [-0.39, 0.29) is 0 Å². The third-order valence-electron chi connectivity index (χ3n) is 3.78. The van der Waals surface area contributed by atoms with Crippen molar-refractivity contribution in [3.8, 4) is 0 Å². The predicted octanol–water partition coefficient (Wildman–Crippen LogP) is 3.09. The van der Waals surface area contributed by atoms with Gasteiger partial charge in [-0.25, -0.2) is 0 Å². The molecule has 1 fully saturated rings. The fourth-order valence-electron chi connectivity index (χ4n) is 2.68. The maximum absolute atomic E-state index is 11.8. The number of rotatable bonds is 4. The standard InChI is InChI=1S/C15H18O/c16-15(9-11-4-5-11)10-12-6-7-13-2-1-3-14(13)8-12/h6-8,11H,1-5,9-10H2. The summed E-state index contributed by atoms with van der Waals surface area (Å²) in [5.41, 5.74) is 4.21. The van der Waals surface area contributed by atoms with Gasteiger partial charge >= 0.3 is 0 Å². The molecule has 0 bridgehead atoms. The largest absolute Gasteiger partial charge is 0.299 e. The minimum absolute atomic E-state index is 0.431. The first-order chi connectivity index (χ1) is 7.81. The number of aryl methyl sites for hydroxylation is 2. The van der Waals surface area contributed by atoms with Gasteiger partial charge in [-0.3, -0.25) is 4.79 Å². The molecule has 0 N–H and O–H groups in total. The van der Waals surface area contributed by atoms with Gasteiger partial charge in [0.15, 0.2) is 0 Å². The summed E-state index contributed by atoms with van der Waals surface area (Å²) in [6.45, 7) is 0. The Morgan fingerprint density at radius 2 is 2.00 bits per heavy atom. The highest BCUT2D eigenvalue weighted by Crippen LogP contribution is 2.33. The highest BCUT2D eigenvalue weighted by molar-refractivity contribution is 5.81. The lowest BCUT2D eigenvalue weighted by Gasteiger charge is -2.04. The number of benzene rings is 1. The van der Waals surface area contributed by atoms with Gasteiger partial charge in [-0.2, -0.15) is 0 Å². The van der Waals surface area contributed by atoms with Crippen molar-refractivity contribution in [3.63, 3.8) is 0 Å². The molecule has 0 aromatic heterocycles. The van der Waals surface area contributed by atoms with Crippen LogP contribution >= 0.6 is 0 Å². The SMILES string of the molecule is O=C(Cc1ccc2c(c1)CCC2)CC1CC1. The van der Waals surface area contributed by atoms with E-state index in [0.717, 1.165) is 12.3 Å². The van der Waals surface area contributed by atoms with Crippen molar-refractivity contribution < 1.29 is 4.79 Å². The monoisotopic (exact) mass is 214 g/mol. The molecule has 1 aromatic rings. The molecule has 1 aromatic carbocycles. The van der Waals surface area contributed by atoms with Crippen molar-refractivity contribution in [2.75, 3.05) is 0 Å². The molecule has 1 saturated carbocycles. The highest BCUT2D eigenvalue weighted by atomic mass is 16.1. The summed E-state index contributed by atoms with van der Waals surface area (Å²) < 4.78 is 0. The highest BCUT2D eigenvalue weighted by Gasteiger charge is 2.24. The van der Waals surface area contributed by atoms with Crippen molar-refractivity contribution >= 4 is 5.78 Å². The van der Waals surface area contributed by atoms with E-state index >= 15 is 0 Å². The van der Waals surface area contributed by atoms with Crippen molar-refractivity contribution in [3.05, 3.63) is 34.9 Å². The van der Waals surface area contributed by atoms with E-state index in [9.17, 15) is 4.79 Å². The Morgan fingerprint density at radius 3 is 2.81 bits per heavy atom. The number of hydrogen-bond donors (Lipinski definition) is 0. The van der Waals surface area contributed by atoms with Crippen molar-refractivity contribution in [1.29, 1.82) is 0 Å². The van der Waals surface area contributed by atoms with E-state index in [1.165, 1.54) is 48.8 Å². The van der Waals surface area contributed by atoms with Crippen molar-refractivity contribution in [2.24, 2.45) is 5.92 Å². The summed E-state index contributed by atoms with van der Waals surface area (Å²) in [7, 11) is 0. The van der Waals surface area contributed by atoms with E-state index in [2.05, 4.69) is 18.2 Å². The van der Waals surface area contributed by atoms with Gasteiger partial charge in [-0.15, -0.1) is 0 Å². The Morgan fingerprint density at radius 1 is 1.19 bits per heavy atom. The van der Waals surface area contributed by atoms with Crippen LogP contribution in [0.5, 0.6) is 0 Å². The van der Waals surface area contributed by atoms with Crippen molar-refractivity contribution in [2.45, 2.75) is 44.9 Å². The van der Waals surface area contributed by atoms with Crippen LogP contribution in [0, 0.1) is 5.92 Å². The molecule has 0 radical (unpaired) electrons. The van der Waals surface area contributed by atoms with Gasteiger partial charge in [0, 0.05) is 12.8 Å². The van der Waals surface area contributed by atoms with Gasteiger partial charge in [0.25, 0.3) is 0 Å². The predicted molar refractivity (Wildman–Crippen MR) is 64.5 cm³/mol. The first-order valence-corrected chi connectivity index (χ1v) is 6.43. The molecular weight excluding hydrogens is 196 g/mol. The molecule has 1 heteroatoms. The lowest BCUT2D eigenvalue weighted by atomic mass is 10.0. The lowest BCUT2D eigenvalue weighted by molar-refractivity contribution is -0.118. The minimum Gasteiger partial charge on any atom is -0.299 e. The molecule has 0 amide bonds. The van der Waals surface area contributed by atoms with Gasteiger partial charge in [0.1, 0.15) is 5.78 Å². The van der Waals surface area contributed by atoms with Crippen LogP contribution in [0.25, 0.3) is 0 Å². The second kappa shape index (κ2) is 4.04. The Balaban J connectivity index is 1.67. The normalized spacial score (nSPS) is 18.5. The van der Waals surface area contributed by atoms with E-state index in [1.807, 2.05) is 0 Å². The number of Topliss-reactive ketones (excluding diaryl/α,β-unsaturated/α-hetero) is 1. The van der Waals surface area contributed by atoms with Gasteiger partial charge in [-0.05, 0) is 54.7 Å². The first kappa shape index (κ1) is 10.1. The lowest BCUT2D eigenvalue weighted by Crippen LogP contribution is -2.03. The maximum Gasteiger partial charge on any atom is 0.137 e. The molecule has 16 heavy (non-hydrogen) atoms. The van der Waals surface area contributed by atoms with Crippen LogP contribution in [0.15, 0.2) is 18.2 Å².